The second-order valence-corrected chi connectivity index (χ2v) is 6.67. The van der Waals surface area contributed by atoms with Gasteiger partial charge in [0.1, 0.15) is 6.04 Å². The Hall–Kier alpha value is -2.47. The average Bonchev–Trinajstić information content (AvgIpc) is 2.62. The highest BCUT2D eigenvalue weighted by Gasteiger charge is 2.26. The molecule has 1 saturated heterocycles. The molecule has 0 aliphatic carbocycles. The van der Waals surface area contributed by atoms with Crippen LogP contribution in [0.1, 0.15) is 18.5 Å². The van der Waals surface area contributed by atoms with Crippen LogP contribution < -0.4 is 5.56 Å². The zero-order valence-electron chi connectivity index (χ0n) is 15.0. The van der Waals surface area contributed by atoms with Crippen molar-refractivity contribution >= 4 is 5.91 Å². The van der Waals surface area contributed by atoms with Crippen LogP contribution in [0.25, 0.3) is 11.3 Å². The fraction of sp³-hybridized carbons (Fsp3) is 0.421. The molecule has 1 atom stereocenters. The van der Waals surface area contributed by atoms with Crippen LogP contribution in [-0.4, -0.2) is 58.7 Å². The molecule has 0 spiro atoms. The van der Waals surface area contributed by atoms with Gasteiger partial charge in [0.15, 0.2) is 0 Å². The summed E-state index contributed by atoms with van der Waals surface area (Å²) >= 11 is 0. The Morgan fingerprint density at radius 3 is 2.32 bits per heavy atom. The number of likely N-dealkylation sites (N-methyl/N-ethyl adjacent to an activating group) is 1. The minimum atomic E-state index is -0.610. The van der Waals surface area contributed by atoms with Crippen molar-refractivity contribution in [2.24, 2.45) is 0 Å². The number of piperazine rings is 1. The Labute approximate surface area is 147 Å². The fourth-order valence-electron chi connectivity index (χ4n) is 2.98. The van der Waals surface area contributed by atoms with E-state index in [9.17, 15) is 9.59 Å². The third kappa shape index (κ3) is 3.79. The molecule has 1 aromatic carbocycles. The molecule has 0 saturated carbocycles. The van der Waals surface area contributed by atoms with Gasteiger partial charge in [-0.25, -0.2) is 4.68 Å². The molecule has 6 nitrogen and oxygen atoms in total. The predicted molar refractivity (Wildman–Crippen MR) is 97.5 cm³/mol. The third-order valence-corrected chi connectivity index (χ3v) is 4.71. The van der Waals surface area contributed by atoms with E-state index in [1.807, 2.05) is 43.1 Å². The number of hydrogen-bond acceptors (Lipinski definition) is 4. The monoisotopic (exact) mass is 340 g/mol. The van der Waals surface area contributed by atoms with Gasteiger partial charge >= 0.3 is 0 Å². The van der Waals surface area contributed by atoms with E-state index in [2.05, 4.69) is 10.00 Å². The van der Waals surface area contributed by atoms with Crippen molar-refractivity contribution in [1.29, 1.82) is 0 Å². The molecule has 0 radical (unpaired) electrons. The van der Waals surface area contributed by atoms with Crippen LogP contribution in [0.5, 0.6) is 0 Å². The number of amides is 1. The summed E-state index contributed by atoms with van der Waals surface area (Å²) in [6, 6.07) is 10.5. The number of nitrogens with zero attached hydrogens (tertiary/aromatic N) is 4. The van der Waals surface area contributed by atoms with Crippen molar-refractivity contribution in [2.45, 2.75) is 19.9 Å². The molecule has 1 aliphatic heterocycles. The van der Waals surface area contributed by atoms with Gasteiger partial charge in [-0.05, 0) is 27.0 Å². The van der Waals surface area contributed by atoms with E-state index in [-0.39, 0.29) is 11.5 Å². The Morgan fingerprint density at radius 2 is 1.68 bits per heavy atom. The van der Waals surface area contributed by atoms with Crippen molar-refractivity contribution in [2.75, 3.05) is 33.2 Å². The van der Waals surface area contributed by atoms with Crippen molar-refractivity contribution in [3.63, 3.8) is 0 Å². The molecule has 2 heterocycles. The summed E-state index contributed by atoms with van der Waals surface area (Å²) in [5.41, 5.74) is 2.53. The number of aryl methyl sites for hydroxylation is 1. The molecule has 132 valence electrons. The molecule has 0 N–H and O–H groups in total. The molecule has 1 amide bonds. The zero-order chi connectivity index (χ0) is 18.0. The van der Waals surface area contributed by atoms with Gasteiger partial charge in [-0.15, -0.1) is 0 Å². The SMILES string of the molecule is Cc1ccc(-c2ccc(=O)n(C(C)C(=O)N3CCN(C)CC3)n2)cc1. The Morgan fingerprint density at radius 1 is 1.04 bits per heavy atom. The number of carbonyl (C=O) groups is 1. The molecule has 1 unspecified atom stereocenters. The molecule has 3 rings (SSSR count). The summed E-state index contributed by atoms with van der Waals surface area (Å²) < 4.78 is 1.30. The van der Waals surface area contributed by atoms with Crippen LogP contribution in [0.2, 0.25) is 0 Å². The lowest BCUT2D eigenvalue weighted by Crippen LogP contribution is -2.49. The van der Waals surface area contributed by atoms with Crippen molar-refractivity contribution in [3.8, 4) is 11.3 Å². The van der Waals surface area contributed by atoms with Crippen LogP contribution in [0.3, 0.4) is 0 Å². The van der Waals surface area contributed by atoms with Crippen LogP contribution in [0.15, 0.2) is 41.2 Å². The fourth-order valence-corrected chi connectivity index (χ4v) is 2.98. The molecule has 1 fully saturated rings. The van der Waals surface area contributed by atoms with Gasteiger partial charge in [0.2, 0.25) is 5.91 Å². The van der Waals surface area contributed by atoms with Gasteiger partial charge in [-0.2, -0.15) is 5.10 Å². The maximum atomic E-state index is 12.8. The second kappa shape index (κ2) is 7.19. The average molecular weight is 340 g/mol. The molecule has 0 bridgehead atoms. The van der Waals surface area contributed by atoms with Crippen LogP contribution >= 0.6 is 0 Å². The van der Waals surface area contributed by atoms with E-state index in [4.69, 9.17) is 0 Å². The standard InChI is InChI=1S/C19H24N4O2/c1-14-4-6-16(7-5-14)17-8-9-18(24)23(20-17)15(2)19(25)22-12-10-21(3)11-13-22/h4-9,15H,10-13H2,1-3H3. The summed E-state index contributed by atoms with van der Waals surface area (Å²) in [5.74, 6) is -0.0521. The van der Waals surface area contributed by atoms with Gasteiger partial charge < -0.3 is 9.80 Å². The van der Waals surface area contributed by atoms with Crippen molar-refractivity contribution < 1.29 is 4.79 Å². The minimum absolute atomic E-state index is 0.0521. The largest absolute Gasteiger partial charge is 0.338 e. The van der Waals surface area contributed by atoms with Gasteiger partial charge in [0.05, 0.1) is 5.69 Å². The first-order valence-corrected chi connectivity index (χ1v) is 8.60. The summed E-state index contributed by atoms with van der Waals surface area (Å²) in [6.45, 7) is 6.84. The topological polar surface area (TPSA) is 58.4 Å². The van der Waals surface area contributed by atoms with Crippen LogP contribution in [0.4, 0.5) is 0 Å². The predicted octanol–water partition coefficient (Wildman–Crippen LogP) is 1.55. The van der Waals surface area contributed by atoms with E-state index in [0.29, 0.717) is 18.8 Å². The molecular formula is C19H24N4O2. The van der Waals surface area contributed by atoms with Crippen LogP contribution in [0, 0.1) is 6.92 Å². The van der Waals surface area contributed by atoms with Gasteiger partial charge in [0.25, 0.3) is 5.56 Å². The Bertz CT molecular complexity index is 805. The number of benzene rings is 1. The molecule has 2 aromatic rings. The number of hydrogen-bond donors (Lipinski definition) is 0. The highest BCUT2D eigenvalue weighted by Crippen LogP contribution is 2.17. The quantitative estimate of drug-likeness (QED) is 0.851. The maximum absolute atomic E-state index is 12.8. The lowest BCUT2D eigenvalue weighted by molar-refractivity contribution is -0.136. The first-order chi connectivity index (χ1) is 12.0. The van der Waals surface area contributed by atoms with Crippen molar-refractivity contribution in [3.05, 3.63) is 52.3 Å². The third-order valence-electron chi connectivity index (χ3n) is 4.71. The summed E-state index contributed by atoms with van der Waals surface area (Å²) in [6.07, 6.45) is 0. The lowest BCUT2D eigenvalue weighted by atomic mass is 10.1. The van der Waals surface area contributed by atoms with Gasteiger partial charge in [-0.3, -0.25) is 9.59 Å². The number of rotatable bonds is 3. The van der Waals surface area contributed by atoms with Crippen molar-refractivity contribution in [1.82, 2.24) is 19.6 Å². The summed E-state index contributed by atoms with van der Waals surface area (Å²) in [5, 5.41) is 4.45. The zero-order valence-corrected chi connectivity index (χ0v) is 15.0. The summed E-state index contributed by atoms with van der Waals surface area (Å²) in [4.78, 5) is 29.0. The highest BCUT2D eigenvalue weighted by atomic mass is 16.2. The van der Waals surface area contributed by atoms with E-state index < -0.39 is 6.04 Å². The van der Waals surface area contributed by atoms with E-state index in [1.165, 1.54) is 10.7 Å². The molecule has 6 heteroatoms. The van der Waals surface area contributed by atoms with E-state index in [1.54, 1.807) is 13.0 Å². The lowest BCUT2D eigenvalue weighted by Gasteiger charge is -2.34. The smallest absolute Gasteiger partial charge is 0.267 e. The number of aromatic nitrogens is 2. The molecule has 1 aliphatic rings. The maximum Gasteiger partial charge on any atom is 0.267 e. The Balaban J connectivity index is 1.85. The van der Waals surface area contributed by atoms with Crippen LogP contribution in [-0.2, 0) is 4.79 Å². The van der Waals surface area contributed by atoms with Gasteiger partial charge in [-0.1, -0.05) is 29.8 Å². The van der Waals surface area contributed by atoms with E-state index in [0.717, 1.165) is 24.2 Å². The normalized spacial score (nSPS) is 16.7. The summed E-state index contributed by atoms with van der Waals surface area (Å²) in [7, 11) is 2.04. The Kier molecular flexibility index (Phi) is 4.99. The highest BCUT2D eigenvalue weighted by molar-refractivity contribution is 5.80. The van der Waals surface area contributed by atoms with Gasteiger partial charge in [0, 0.05) is 37.8 Å². The minimum Gasteiger partial charge on any atom is -0.338 e. The second-order valence-electron chi connectivity index (χ2n) is 6.67. The first kappa shape index (κ1) is 17.4. The first-order valence-electron chi connectivity index (χ1n) is 8.60. The molecular weight excluding hydrogens is 316 g/mol. The number of carbonyl (C=O) groups excluding carboxylic acids is 1. The molecule has 25 heavy (non-hydrogen) atoms. The van der Waals surface area contributed by atoms with E-state index >= 15 is 0 Å². The molecule has 1 aromatic heterocycles.